The molecule has 1 rings (SSSR count). The molecule has 0 saturated heterocycles. The van der Waals surface area contributed by atoms with Gasteiger partial charge < -0.3 is 4.74 Å². The lowest BCUT2D eigenvalue weighted by atomic mass is 10.1. The van der Waals surface area contributed by atoms with Crippen molar-refractivity contribution in [3.63, 3.8) is 0 Å². The highest BCUT2D eigenvalue weighted by molar-refractivity contribution is 5.31. The second-order valence-electron chi connectivity index (χ2n) is 3.66. The number of rotatable bonds is 6. The third kappa shape index (κ3) is 2.57. The van der Waals surface area contributed by atoms with E-state index in [9.17, 15) is 10.1 Å². The molecule has 16 heavy (non-hydrogen) atoms. The lowest BCUT2D eigenvalue weighted by Crippen LogP contribution is -2.13. The van der Waals surface area contributed by atoms with Crippen LogP contribution in [0.1, 0.15) is 31.5 Å². The number of hydrogen-bond acceptors (Lipinski definition) is 4. The standard InChI is InChI=1S/C10H17N3O3/c1-4-9(5-6-16-3)12-8(2)10(7-11-12)13(14)15/h7,9H,4-6H2,1-3H3. The lowest BCUT2D eigenvalue weighted by Gasteiger charge is -2.16. The molecule has 1 unspecified atom stereocenters. The van der Waals surface area contributed by atoms with Crippen LogP contribution in [0.4, 0.5) is 5.69 Å². The maximum absolute atomic E-state index is 10.7. The van der Waals surface area contributed by atoms with Crippen LogP contribution in [0, 0.1) is 17.0 Å². The first-order valence-corrected chi connectivity index (χ1v) is 5.29. The van der Waals surface area contributed by atoms with Gasteiger partial charge >= 0.3 is 5.69 Å². The van der Waals surface area contributed by atoms with Crippen molar-refractivity contribution in [2.24, 2.45) is 0 Å². The van der Waals surface area contributed by atoms with Crippen molar-refractivity contribution >= 4 is 5.69 Å². The molecule has 6 nitrogen and oxygen atoms in total. The van der Waals surface area contributed by atoms with Crippen molar-refractivity contribution in [2.75, 3.05) is 13.7 Å². The molecule has 1 heterocycles. The molecule has 0 radical (unpaired) electrons. The number of aromatic nitrogens is 2. The predicted molar refractivity (Wildman–Crippen MR) is 59.4 cm³/mol. The van der Waals surface area contributed by atoms with Crippen LogP contribution in [0.2, 0.25) is 0 Å². The molecule has 0 saturated carbocycles. The summed E-state index contributed by atoms with van der Waals surface area (Å²) in [6.45, 7) is 4.39. The summed E-state index contributed by atoms with van der Waals surface area (Å²) in [6.07, 6.45) is 3.00. The van der Waals surface area contributed by atoms with Gasteiger partial charge in [0.1, 0.15) is 11.9 Å². The van der Waals surface area contributed by atoms with Gasteiger partial charge in [0.25, 0.3) is 0 Å². The van der Waals surface area contributed by atoms with Crippen molar-refractivity contribution in [1.29, 1.82) is 0 Å². The zero-order chi connectivity index (χ0) is 12.1. The third-order valence-electron chi connectivity index (χ3n) is 2.69. The number of ether oxygens (including phenoxy) is 1. The Morgan fingerprint density at radius 3 is 2.81 bits per heavy atom. The molecule has 0 N–H and O–H groups in total. The van der Waals surface area contributed by atoms with Gasteiger partial charge in [-0.15, -0.1) is 0 Å². The van der Waals surface area contributed by atoms with Crippen LogP contribution in [-0.4, -0.2) is 28.4 Å². The van der Waals surface area contributed by atoms with Gasteiger partial charge in [-0.05, 0) is 19.8 Å². The molecule has 0 amide bonds. The molecule has 0 bridgehead atoms. The zero-order valence-corrected chi connectivity index (χ0v) is 9.84. The normalized spacial score (nSPS) is 12.7. The van der Waals surface area contributed by atoms with Crippen molar-refractivity contribution in [3.8, 4) is 0 Å². The molecule has 6 heteroatoms. The van der Waals surface area contributed by atoms with Crippen molar-refractivity contribution in [1.82, 2.24) is 9.78 Å². The van der Waals surface area contributed by atoms with E-state index >= 15 is 0 Å². The van der Waals surface area contributed by atoms with Gasteiger partial charge in [-0.25, -0.2) is 0 Å². The van der Waals surface area contributed by atoms with Crippen LogP contribution in [-0.2, 0) is 4.74 Å². The first-order valence-electron chi connectivity index (χ1n) is 5.29. The second-order valence-corrected chi connectivity index (χ2v) is 3.66. The highest BCUT2D eigenvalue weighted by atomic mass is 16.6. The van der Waals surface area contributed by atoms with E-state index in [1.807, 2.05) is 6.92 Å². The van der Waals surface area contributed by atoms with E-state index in [-0.39, 0.29) is 11.7 Å². The lowest BCUT2D eigenvalue weighted by molar-refractivity contribution is -0.385. The van der Waals surface area contributed by atoms with Crippen molar-refractivity contribution < 1.29 is 9.66 Å². The zero-order valence-electron chi connectivity index (χ0n) is 9.84. The van der Waals surface area contributed by atoms with E-state index in [2.05, 4.69) is 5.10 Å². The first-order chi connectivity index (χ1) is 7.61. The molecular weight excluding hydrogens is 210 g/mol. The van der Waals surface area contributed by atoms with Gasteiger partial charge in [0.15, 0.2) is 0 Å². The van der Waals surface area contributed by atoms with Crippen LogP contribution in [0.15, 0.2) is 6.20 Å². The van der Waals surface area contributed by atoms with E-state index in [0.717, 1.165) is 12.8 Å². The first kappa shape index (κ1) is 12.6. The molecule has 0 aromatic carbocycles. The fourth-order valence-electron chi connectivity index (χ4n) is 1.71. The molecule has 0 aliphatic carbocycles. The van der Waals surface area contributed by atoms with E-state index in [4.69, 9.17) is 4.74 Å². The Kier molecular flexibility index (Phi) is 4.42. The van der Waals surface area contributed by atoms with E-state index in [1.54, 1.807) is 18.7 Å². The fourth-order valence-corrected chi connectivity index (χ4v) is 1.71. The van der Waals surface area contributed by atoms with Gasteiger partial charge in [0, 0.05) is 13.7 Å². The van der Waals surface area contributed by atoms with Gasteiger partial charge in [0.05, 0.1) is 11.0 Å². The van der Waals surface area contributed by atoms with Crippen LogP contribution in [0.25, 0.3) is 0 Å². The molecule has 1 atom stereocenters. The number of nitrogens with zero attached hydrogens (tertiary/aromatic N) is 3. The highest BCUT2D eigenvalue weighted by Gasteiger charge is 2.20. The number of methoxy groups -OCH3 is 1. The Balaban J connectivity index is 2.88. The second kappa shape index (κ2) is 5.60. The average molecular weight is 227 g/mol. The van der Waals surface area contributed by atoms with Gasteiger partial charge in [-0.2, -0.15) is 5.10 Å². The maximum atomic E-state index is 10.7. The molecule has 0 aliphatic rings. The molecule has 1 aromatic rings. The quantitative estimate of drug-likeness (QED) is 0.551. The Labute approximate surface area is 94.4 Å². The maximum Gasteiger partial charge on any atom is 0.309 e. The summed E-state index contributed by atoms with van der Waals surface area (Å²) in [5, 5.41) is 14.8. The van der Waals surface area contributed by atoms with E-state index < -0.39 is 4.92 Å². The Morgan fingerprint density at radius 2 is 2.38 bits per heavy atom. The van der Waals surface area contributed by atoms with Gasteiger partial charge in [-0.1, -0.05) is 6.92 Å². The average Bonchev–Trinajstić information content (AvgIpc) is 2.62. The van der Waals surface area contributed by atoms with Crippen LogP contribution >= 0.6 is 0 Å². The minimum absolute atomic E-state index is 0.0795. The smallest absolute Gasteiger partial charge is 0.309 e. The van der Waals surface area contributed by atoms with Gasteiger partial charge in [0.2, 0.25) is 0 Å². The summed E-state index contributed by atoms with van der Waals surface area (Å²) in [4.78, 5) is 10.3. The third-order valence-corrected chi connectivity index (χ3v) is 2.69. The molecular formula is C10H17N3O3. The number of nitro groups is 1. The summed E-state index contributed by atoms with van der Waals surface area (Å²) < 4.78 is 6.73. The van der Waals surface area contributed by atoms with E-state index in [1.165, 1.54) is 6.20 Å². The van der Waals surface area contributed by atoms with E-state index in [0.29, 0.717) is 12.3 Å². The van der Waals surface area contributed by atoms with Crippen molar-refractivity contribution in [2.45, 2.75) is 32.7 Å². The predicted octanol–water partition coefficient (Wildman–Crippen LogP) is 2.09. The summed E-state index contributed by atoms with van der Waals surface area (Å²) >= 11 is 0. The van der Waals surface area contributed by atoms with Crippen molar-refractivity contribution in [3.05, 3.63) is 22.0 Å². The van der Waals surface area contributed by atoms with Crippen LogP contribution in [0.3, 0.4) is 0 Å². The van der Waals surface area contributed by atoms with Gasteiger partial charge in [-0.3, -0.25) is 14.8 Å². The molecule has 1 aromatic heterocycles. The summed E-state index contributed by atoms with van der Waals surface area (Å²) in [7, 11) is 1.64. The molecule has 0 fully saturated rings. The monoisotopic (exact) mass is 227 g/mol. The summed E-state index contributed by atoms with van der Waals surface area (Å²) in [5.74, 6) is 0. The largest absolute Gasteiger partial charge is 0.385 e. The van der Waals surface area contributed by atoms with Crippen LogP contribution < -0.4 is 0 Å². The fraction of sp³-hybridized carbons (Fsp3) is 0.700. The SMILES string of the molecule is CCC(CCOC)n1ncc([N+](=O)[O-])c1C. The molecule has 90 valence electrons. The minimum Gasteiger partial charge on any atom is -0.385 e. The Bertz CT molecular complexity index is 362. The highest BCUT2D eigenvalue weighted by Crippen LogP contribution is 2.23. The molecule has 0 aliphatic heterocycles. The minimum atomic E-state index is -0.401. The summed E-state index contributed by atoms with van der Waals surface area (Å²) in [5.41, 5.74) is 0.684. The van der Waals surface area contributed by atoms with Crippen LogP contribution in [0.5, 0.6) is 0 Å². The topological polar surface area (TPSA) is 70.2 Å². The summed E-state index contributed by atoms with van der Waals surface area (Å²) in [6, 6.07) is 0.161. The Morgan fingerprint density at radius 1 is 1.69 bits per heavy atom. The molecule has 0 spiro atoms. The number of hydrogen-bond donors (Lipinski definition) is 0. The Hall–Kier alpha value is -1.43.